The summed E-state index contributed by atoms with van der Waals surface area (Å²) in [6.45, 7) is 7.37. The number of hydrogen-bond acceptors (Lipinski definition) is 4. The fourth-order valence-electron chi connectivity index (χ4n) is 2.38. The molecule has 1 aromatic rings. The number of hydrogen-bond donors (Lipinski definition) is 2. The van der Waals surface area contributed by atoms with Crippen molar-refractivity contribution in [3.63, 3.8) is 0 Å². The van der Waals surface area contributed by atoms with Crippen molar-refractivity contribution < 1.29 is 14.6 Å². The van der Waals surface area contributed by atoms with Crippen molar-refractivity contribution in [1.29, 1.82) is 0 Å². The van der Waals surface area contributed by atoms with Crippen LogP contribution in [0.5, 0.6) is 11.5 Å². The number of methoxy groups -OCH3 is 1. The fraction of sp³-hybridized carbons (Fsp3) is 0.647. The number of β-amino-alcohol motifs (C(OH)–C–C–N with tert-alkyl or cyclic N) is 1. The molecule has 0 heterocycles. The number of rotatable bonds is 10. The largest absolute Gasteiger partial charge is 0.497 e. The minimum absolute atomic E-state index is 0.126. The van der Waals surface area contributed by atoms with E-state index in [1.807, 2.05) is 24.3 Å². The number of nitrogens with one attached hydrogen (secondary N) is 1. The van der Waals surface area contributed by atoms with Gasteiger partial charge in [-0.15, -0.1) is 0 Å². The molecule has 0 bridgehead atoms. The SMILES string of the molecule is CCC(CC)(CC)NCC(O)COc1ccc(OC)cc1. The van der Waals surface area contributed by atoms with Gasteiger partial charge in [0.05, 0.1) is 7.11 Å². The standard InChI is InChI=1S/C17H29NO3/c1-5-17(6-2,7-3)18-12-14(19)13-21-16-10-8-15(20-4)9-11-16/h8-11,14,18-19H,5-7,12-13H2,1-4H3. The minimum Gasteiger partial charge on any atom is -0.497 e. The normalized spacial score (nSPS) is 13.0. The number of benzene rings is 1. The number of ether oxygens (including phenoxy) is 2. The minimum atomic E-state index is -0.517. The van der Waals surface area contributed by atoms with E-state index in [4.69, 9.17) is 9.47 Å². The third-order valence-electron chi connectivity index (χ3n) is 4.24. The van der Waals surface area contributed by atoms with E-state index in [2.05, 4.69) is 26.1 Å². The smallest absolute Gasteiger partial charge is 0.119 e. The van der Waals surface area contributed by atoms with Gasteiger partial charge in [-0.2, -0.15) is 0 Å². The van der Waals surface area contributed by atoms with E-state index in [9.17, 15) is 5.11 Å². The van der Waals surface area contributed by atoms with Crippen molar-refractivity contribution in [2.45, 2.75) is 51.7 Å². The first-order chi connectivity index (χ1) is 10.1. The molecular formula is C17H29NO3. The summed E-state index contributed by atoms with van der Waals surface area (Å²) in [6, 6.07) is 7.37. The Kier molecular flexibility index (Phi) is 7.54. The first kappa shape index (κ1) is 17.8. The topological polar surface area (TPSA) is 50.7 Å². The molecule has 0 saturated carbocycles. The van der Waals surface area contributed by atoms with Gasteiger partial charge in [0.15, 0.2) is 0 Å². The Hall–Kier alpha value is -1.26. The lowest BCUT2D eigenvalue weighted by atomic mass is 9.90. The summed E-state index contributed by atoms with van der Waals surface area (Å²) in [5, 5.41) is 13.5. The second-order valence-corrected chi connectivity index (χ2v) is 5.36. The van der Waals surface area contributed by atoms with Crippen LogP contribution in [-0.2, 0) is 0 Å². The Labute approximate surface area is 128 Å². The van der Waals surface area contributed by atoms with Crippen LogP contribution in [-0.4, -0.2) is 37.0 Å². The maximum atomic E-state index is 10.0. The van der Waals surface area contributed by atoms with E-state index in [0.29, 0.717) is 6.54 Å². The zero-order chi connectivity index (χ0) is 15.7. The highest BCUT2D eigenvalue weighted by Gasteiger charge is 2.23. The lowest BCUT2D eigenvalue weighted by Gasteiger charge is -2.33. The summed E-state index contributed by atoms with van der Waals surface area (Å²) in [6.07, 6.45) is 2.67. The van der Waals surface area contributed by atoms with Gasteiger partial charge in [-0.05, 0) is 43.5 Å². The van der Waals surface area contributed by atoms with E-state index in [1.54, 1.807) is 7.11 Å². The van der Waals surface area contributed by atoms with Crippen molar-refractivity contribution in [3.8, 4) is 11.5 Å². The quantitative estimate of drug-likeness (QED) is 0.697. The van der Waals surface area contributed by atoms with Crippen LogP contribution >= 0.6 is 0 Å². The van der Waals surface area contributed by atoms with Gasteiger partial charge in [0.1, 0.15) is 24.2 Å². The lowest BCUT2D eigenvalue weighted by molar-refractivity contribution is 0.0942. The highest BCUT2D eigenvalue weighted by molar-refractivity contribution is 5.31. The Bertz CT molecular complexity index is 379. The predicted octanol–water partition coefficient (Wildman–Crippen LogP) is 2.99. The van der Waals surface area contributed by atoms with Gasteiger partial charge in [-0.3, -0.25) is 0 Å². The molecule has 1 aromatic carbocycles. The van der Waals surface area contributed by atoms with Crippen LogP contribution in [0.4, 0.5) is 0 Å². The Morgan fingerprint density at radius 3 is 2.05 bits per heavy atom. The molecular weight excluding hydrogens is 266 g/mol. The molecule has 0 fully saturated rings. The summed E-state index contributed by atoms with van der Waals surface area (Å²) in [5.74, 6) is 1.53. The molecule has 1 unspecified atom stereocenters. The first-order valence-electron chi connectivity index (χ1n) is 7.79. The second kappa shape index (κ2) is 8.90. The fourth-order valence-corrected chi connectivity index (χ4v) is 2.38. The third-order valence-corrected chi connectivity index (χ3v) is 4.24. The summed E-state index contributed by atoms with van der Waals surface area (Å²) in [7, 11) is 1.63. The molecule has 0 radical (unpaired) electrons. The molecule has 2 N–H and O–H groups in total. The van der Waals surface area contributed by atoms with Gasteiger partial charge in [0.25, 0.3) is 0 Å². The molecule has 0 aliphatic carbocycles. The van der Waals surface area contributed by atoms with E-state index < -0.39 is 6.10 Å². The average molecular weight is 295 g/mol. The molecule has 21 heavy (non-hydrogen) atoms. The number of aliphatic hydroxyl groups excluding tert-OH is 1. The highest BCUT2D eigenvalue weighted by Crippen LogP contribution is 2.19. The van der Waals surface area contributed by atoms with Gasteiger partial charge < -0.3 is 19.9 Å². The second-order valence-electron chi connectivity index (χ2n) is 5.36. The Morgan fingerprint density at radius 2 is 1.57 bits per heavy atom. The van der Waals surface area contributed by atoms with Gasteiger partial charge in [-0.25, -0.2) is 0 Å². The highest BCUT2D eigenvalue weighted by atomic mass is 16.5. The average Bonchev–Trinajstić information content (AvgIpc) is 2.55. The monoisotopic (exact) mass is 295 g/mol. The van der Waals surface area contributed by atoms with E-state index >= 15 is 0 Å². The van der Waals surface area contributed by atoms with E-state index in [0.717, 1.165) is 30.8 Å². The Balaban J connectivity index is 2.37. The summed E-state index contributed by atoms with van der Waals surface area (Å²) >= 11 is 0. The summed E-state index contributed by atoms with van der Waals surface area (Å²) in [4.78, 5) is 0. The molecule has 4 heteroatoms. The summed E-state index contributed by atoms with van der Waals surface area (Å²) in [5.41, 5.74) is 0.126. The molecule has 0 aliphatic rings. The molecule has 120 valence electrons. The molecule has 1 atom stereocenters. The molecule has 4 nitrogen and oxygen atoms in total. The number of aliphatic hydroxyl groups is 1. The molecule has 0 aromatic heterocycles. The molecule has 0 saturated heterocycles. The first-order valence-corrected chi connectivity index (χ1v) is 7.79. The summed E-state index contributed by atoms with van der Waals surface area (Å²) < 4.78 is 10.7. The zero-order valence-corrected chi connectivity index (χ0v) is 13.7. The van der Waals surface area contributed by atoms with Crippen molar-refractivity contribution in [2.75, 3.05) is 20.3 Å². The van der Waals surface area contributed by atoms with Crippen molar-refractivity contribution in [2.24, 2.45) is 0 Å². The maximum Gasteiger partial charge on any atom is 0.119 e. The zero-order valence-electron chi connectivity index (χ0n) is 13.7. The van der Waals surface area contributed by atoms with Gasteiger partial charge in [0.2, 0.25) is 0 Å². The van der Waals surface area contributed by atoms with Crippen molar-refractivity contribution in [3.05, 3.63) is 24.3 Å². The molecule has 0 aliphatic heterocycles. The van der Waals surface area contributed by atoms with Crippen molar-refractivity contribution in [1.82, 2.24) is 5.32 Å². The predicted molar refractivity (Wildman–Crippen MR) is 86.1 cm³/mol. The Morgan fingerprint density at radius 1 is 1.05 bits per heavy atom. The van der Waals surface area contributed by atoms with Crippen LogP contribution in [0.25, 0.3) is 0 Å². The van der Waals surface area contributed by atoms with Crippen LogP contribution in [0, 0.1) is 0 Å². The van der Waals surface area contributed by atoms with Gasteiger partial charge >= 0.3 is 0 Å². The third kappa shape index (κ3) is 5.56. The van der Waals surface area contributed by atoms with Crippen LogP contribution in [0.2, 0.25) is 0 Å². The van der Waals surface area contributed by atoms with Crippen LogP contribution in [0.3, 0.4) is 0 Å². The van der Waals surface area contributed by atoms with Crippen LogP contribution < -0.4 is 14.8 Å². The molecule has 1 rings (SSSR count). The van der Waals surface area contributed by atoms with Gasteiger partial charge in [-0.1, -0.05) is 20.8 Å². The van der Waals surface area contributed by atoms with E-state index in [-0.39, 0.29) is 12.1 Å². The van der Waals surface area contributed by atoms with Crippen molar-refractivity contribution >= 4 is 0 Å². The van der Waals surface area contributed by atoms with E-state index in [1.165, 1.54) is 0 Å². The maximum absolute atomic E-state index is 10.0. The van der Waals surface area contributed by atoms with Crippen LogP contribution in [0.1, 0.15) is 40.0 Å². The van der Waals surface area contributed by atoms with Crippen LogP contribution in [0.15, 0.2) is 24.3 Å². The van der Waals surface area contributed by atoms with Gasteiger partial charge in [0, 0.05) is 12.1 Å². The molecule has 0 amide bonds. The molecule has 0 spiro atoms. The lowest BCUT2D eigenvalue weighted by Crippen LogP contribution is -2.47.